The fourth-order valence-electron chi connectivity index (χ4n) is 8.48. The number of phenols is 1. The van der Waals surface area contributed by atoms with Crippen molar-refractivity contribution in [1.82, 2.24) is 41.9 Å². The predicted octanol–water partition coefficient (Wildman–Crippen LogP) is 9.69. The number of amides is 8. The molecule has 4 atom stereocenters. The highest BCUT2D eigenvalue weighted by molar-refractivity contribution is 7.18. The Morgan fingerprint density at radius 2 is 0.857 bits per heavy atom. The minimum atomic E-state index is -0.699. The van der Waals surface area contributed by atoms with Crippen LogP contribution in [0.3, 0.4) is 0 Å². The highest BCUT2D eigenvalue weighted by Crippen LogP contribution is 2.33. The molecule has 8 amide bonds. The Labute approximate surface area is 536 Å². The second kappa shape index (κ2) is 36.1. The number of carbonyl (C=O) groups excluding carboxylic acids is 8. The van der Waals surface area contributed by atoms with Gasteiger partial charge in [-0.3, -0.25) is 59.2 Å². The van der Waals surface area contributed by atoms with Crippen molar-refractivity contribution in [2.24, 2.45) is 5.92 Å². The van der Waals surface area contributed by atoms with E-state index in [0.717, 1.165) is 62.0 Å². The minimum absolute atomic E-state index is 0.0275. The zero-order valence-electron chi connectivity index (χ0n) is 49.7. The van der Waals surface area contributed by atoms with Gasteiger partial charge in [-0.25, -0.2) is 46.2 Å². The van der Waals surface area contributed by atoms with Gasteiger partial charge in [-0.05, 0) is 84.3 Å². The largest absolute Gasteiger partial charge is 0.508 e. The normalized spacial score (nSPS) is 11.7. The van der Waals surface area contributed by atoms with Crippen LogP contribution in [0.15, 0.2) is 122 Å². The molecule has 4 aromatic heterocycles. The minimum Gasteiger partial charge on any atom is -0.508 e. The molecule has 0 bridgehead atoms. The number of nitrogens with zero attached hydrogens (tertiary/aromatic N) is 4. The second-order valence-corrected chi connectivity index (χ2v) is 23.2. The molecular formula is C59H65FN12O15S4. The quantitative estimate of drug-likeness (QED) is 0.0222. The van der Waals surface area contributed by atoms with Crippen LogP contribution in [0.5, 0.6) is 17.2 Å². The zero-order valence-corrected chi connectivity index (χ0v) is 52.9. The number of para-hydroxylation sites is 1. The van der Waals surface area contributed by atoms with Gasteiger partial charge in [-0.1, -0.05) is 135 Å². The number of nitrogens with one attached hydrogen (secondary N) is 8. The van der Waals surface area contributed by atoms with Gasteiger partial charge in [0, 0.05) is 5.56 Å². The fraction of sp³-hybridized carbons (Fsp3) is 0.254. The summed E-state index contributed by atoms with van der Waals surface area (Å²) in [5.41, 5.74) is 9.04. The number of benzene rings is 4. The maximum Gasteiger partial charge on any atom is 0.286 e. The molecule has 0 radical (unpaired) electrons. The molecule has 0 spiro atoms. The predicted molar refractivity (Wildman–Crippen MR) is 337 cm³/mol. The van der Waals surface area contributed by atoms with Crippen LogP contribution in [0.1, 0.15) is 138 Å². The van der Waals surface area contributed by atoms with Gasteiger partial charge in [0.2, 0.25) is 23.6 Å². The highest BCUT2D eigenvalue weighted by atomic mass is 32.1. The molecule has 0 aliphatic carbocycles. The molecule has 91 heavy (non-hydrogen) atoms. The fourth-order valence-corrected chi connectivity index (χ4v) is 11.3. The maximum atomic E-state index is 13.3. The van der Waals surface area contributed by atoms with E-state index >= 15 is 0 Å². The van der Waals surface area contributed by atoms with Crippen molar-refractivity contribution in [3.05, 3.63) is 169 Å². The van der Waals surface area contributed by atoms with Crippen LogP contribution in [0, 0.1) is 11.7 Å². The van der Waals surface area contributed by atoms with Crippen molar-refractivity contribution in [2.75, 3.05) is 35.5 Å². The van der Waals surface area contributed by atoms with Gasteiger partial charge in [0.05, 0.1) is 62.7 Å². The number of methoxy groups -OCH3 is 2. The van der Waals surface area contributed by atoms with E-state index in [4.69, 9.17) is 30.3 Å². The number of aromatic nitrogens is 4. The lowest BCUT2D eigenvalue weighted by Crippen LogP contribution is -2.25. The Balaban J connectivity index is 0.000000220. The Bertz CT molecular complexity index is 3750. The van der Waals surface area contributed by atoms with Crippen LogP contribution in [-0.2, 0) is 19.2 Å². The lowest BCUT2D eigenvalue weighted by Gasteiger charge is -2.20. The standard InChI is InChI=1S/3C15H17N3O4S.C14H14FN3O3S/c1-8(2)12(9-3-5-10(19)6-4-9)14(21)17-15-16-7-11(23-15)13(20)18-22;1-3-11(9-5-4-6-10(7-9)22-2)13(19)17-15-16-8-12(23-15)14(20)18-21;1-3-9(10-6-4-5-7-11(10)22-2)13(19)17-15-16-8-12(23-15)14(20)18-21;1-2-10(8-4-3-5-9(15)6-8)12(19)17-14-16-7-11(22-14)13(20)18-21/h3-8,12,19,22H,1-2H3,(H,18,20)(H,16,17,21);4-8,11,21H,3H2,1-2H3,(H,18,20)(H,16,17,19);4-9,21H,3H2,1-2H3,(H,18,20)(H,16,17,19);3-7,10,21H,2H2,1H3,(H,18,20)(H,16,17,19). The maximum absolute atomic E-state index is 13.3. The molecule has 4 heterocycles. The second-order valence-electron chi connectivity index (χ2n) is 19.1. The first-order valence-corrected chi connectivity index (χ1v) is 30.6. The van der Waals surface area contributed by atoms with E-state index in [1.165, 1.54) is 71.0 Å². The molecule has 8 aromatic rings. The van der Waals surface area contributed by atoms with Gasteiger partial charge in [0.1, 0.15) is 42.6 Å². The first kappa shape index (κ1) is 72.1. The first-order chi connectivity index (χ1) is 43.6. The number of rotatable bonds is 22. The van der Waals surface area contributed by atoms with E-state index in [1.54, 1.807) is 44.6 Å². The van der Waals surface area contributed by atoms with Crippen LogP contribution < -0.4 is 52.7 Å². The van der Waals surface area contributed by atoms with Crippen molar-refractivity contribution < 1.29 is 78.2 Å². The van der Waals surface area contributed by atoms with Crippen molar-refractivity contribution >= 4 is 113 Å². The molecule has 4 aromatic carbocycles. The molecule has 482 valence electrons. The summed E-state index contributed by atoms with van der Waals surface area (Å²) in [6.07, 6.45) is 6.78. The van der Waals surface area contributed by atoms with Gasteiger partial charge in [0.25, 0.3) is 23.6 Å². The SMILES string of the molecule is CC(C)C(C(=O)Nc1ncc(C(=O)NO)s1)c1ccc(O)cc1.CCC(C(=O)Nc1ncc(C(=O)NO)s1)c1cccc(F)c1.CCC(C(=O)Nc1ncc(C(=O)NO)s1)c1cccc(OC)c1.CCC(C(=O)Nc1ncc(C(=O)NO)s1)c1ccccc1OC. The van der Waals surface area contributed by atoms with Gasteiger partial charge < -0.3 is 35.8 Å². The van der Waals surface area contributed by atoms with E-state index in [2.05, 4.69) is 41.2 Å². The van der Waals surface area contributed by atoms with Crippen molar-refractivity contribution in [3.8, 4) is 17.2 Å². The van der Waals surface area contributed by atoms with Gasteiger partial charge in [-0.15, -0.1) is 0 Å². The molecule has 0 saturated heterocycles. The Kier molecular flexibility index (Phi) is 28.6. The Hall–Kier alpha value is -9.67. The van der Waals surface area contributed by atoms with Gasteiger partial charge in [-0.2, -0.15) is 0 Å². The summed E-state index contributed by atoms with van der Waals surface area (Å²) in [5, 5.41) is 55.4. The number of ether oxygens (including phenoxy) is 2. The summed E-state index contributed by atoms with van der Waals surface area (Å²) in [4.78, 5) is 111. The molecule has 32 heteroatoms. The summed E-state index contributed by atoms with van der Waals surface area (Å²) in [7, 11) is 3.13. The van der Waals surface area contributed by atoms with Gasteiger partial charge >= 0.3 is 0 Å². The van der Waals surface area contributed by atoms with Crippen molar-refractivity contribution in [2.45, 2.75) is 77.6 Å². The molecule has 4 unspecified atom stereocenters. The Morgan fingerprint density at radius 1 is 0.473 bits per heavy atom. The van der Waals surface area contributed by atoms with Crippen LogP contribution in [0.25, 0.3) is 0 Å². The number of aromatic hydroxyl groups is 1. The molecule has 0 aliphatic heterocycles. The molecule has 0 saturated carbocycles. The van der Waals surface area contributed by atoms with Crippen LogP contribution in [0.4, 0.5) is 24.9 Å². The number of carbonyl (C=O) groups is 8. The number of thiazole rings is 4. The average molecular weight is 1330 g/mol. The number of hydroxylamine groups is 4. The number of halogens is 1. The van der Waals surface area contributed by atoms with Crippen LogP contribution in [0.2, 0.25) is 0 Å². The average Bonchev–Trinajstić information content (AvgIpc) is 2.93. The molecule has 27 nitrogen and oxygen atoms in total. The third-order valence-electron chi connectivity index (χ3n) is 12.9. The highest BCUT2D eigenvalue weighted by Gasteiger charge is 2.27. The molecule has 8 rings (SSSR count). The van der Waals surface area contributed by atoms with Gasteiger partial charge in [0.15, 0.2) is 20.5 Å². The number of hydrogen-bond donors (Lipinski definition) is 13. The summed E-state index contributed by atoms with van der Waals surface area (Å²) >= 11 is 3.86. The van der Waals surface area contributed by atoms with E-state index in [1.807, 2.05) is 77.1 Å². The van der Waals surface area contributed by atoms with E-state index in [-0.39, 0.29) is 71.0 Å². The first-order valence-electron chi connectivity index (χ1n) is 27.3. The van der Waals surface area contributed by atoms with Crippen molar-refractivity contribution in [3.63, 3.8) is 0 Å². The summed E-state index contributed by atoms with van der Waals surface area (Å²) in [6, 6.07) is 27.0. The smallest absolute Gasteiger partial charge is 0.286 e. The summed E-state index contributed by atoms with van der Waals surface area (Å²) in [6.45, 7) is 9.48. The monoisotopic (exact) mass is 1330 g/mol. The van der Waals surface area contributed by atoms with E-state index < -0.39 is 47.2 Å². The van der Waals surface area contributed by atoms with E-state index in [0.29, 0.717) is 46.6 Å². The number of phenolic OH excluding ortho intramolecular Hbond substituents is 1. The lowest BCUT2D eigenvalue weighted by molar-refractivity contribution is -0.119. The third-order valence-corrected chi connectivity index (χ3v) is 16.5. The zero-order chi connectivity index (χ0) is 66.7. The molecule has 13 N–H and O–H groups in total. The van der Waals surface area contributed by atoms with E-state index in [9.17, 15) is 47.9 Å². The van der Waals surface area contributed by atoms with Crippen LogP contribution >= 0.6 is 45.3 Å². The molecule has 0 fully saturated rings. The third kappa shape index (κ3) is 21.0. The van der Waals surface area contributed by atoms with Crippen molar-refractivity contribution in [1.29, 1.82) is 0 Å². The summed E-state index contributed by atoms with van der Waals surface area (Å²) < 4.78 is 23.8. The molecule has 0 aliphatic rings. The molecular weight excluding hydrogens is 1260 g/mol. The summed E-state index contributed by atoms with van der Waals surface area (Å²) in [5.74, 6) is -4.35. The Morgan fingerprint density at radius 3 is 1.23 bits per heavy atom. The lowest BCUT2D eigenvalue weighted by atomic mass is 9.87. The number of hydrogen-bond acceptors (Lipinski definition) is 23. The van der Waals surface area contributed by atoms with Crippen LogP contribution in [-0.4, -0.2) is 107 Å². The number of anilines is 4. The topological polar surface area (TPSA) is 404 Å².